The topological polar surface area (TPSA) is 107 Å². The normalized spacial score (nSPS) is 14.2. The van der Waals surface area contributed by atoms with E-state index in [1.807, 2.05) is 30.3 Å². The van der Waals surface area contributed by atoms with Gasteiger partial charge in [-0.3, -0.25) is 19.7 Å². The summed E-state index contributed by atoms with van der Waals surface area (Å²) in [6.45, 7) is 1.91. The van der Waals surface area contributed by atoms with Gasteiger partial charge in [-0.2, -0.15) is 0 Å². The molecule has 0 atom stereocenters. The molecule has 196 valence electrons. The third-order valence-electron chi connectivity index (χ3n) is 5.32. The Morgan fingerprint density at radius 2 is 1.78 bits per heavy atom. The van der Waals surface area contributed by atoms with Crippen molar-refractivity contribution in [1.82, 2.24) is 14.7 Å². The molecule has 0 bridgehead atoms. The summed E-state index contributed by atoms with van der Waals surface area (Å²) in [6.07, 6.45) is -5.90. The Kier molecular flexibility index (Phi) is 7.94. The van der Waals surface area contributed by atoms with Gasteiger partial charge in [0.2, 0.25) is 11.8 Å². The number of rotatable bonds is 7. The van der Waals surface area contributed by atoms with E-state index in [4.69, 9.17) is 9.47 Å². The van der Waals surface area contributed by atoms with Gasteiger partial charge in [0.25, 0.3) is 0 Å². The van der Waals surface area contributed by atoms with Crippen molar-refractivity contribution in [2.24, 2.45) is 7.05 Å². The summed E-state index contributed by atoms with van der Waals surface area (Å²) in [7, 11) is 1.69. The van der Waals surface area contributed by atoms with Crippen LogP contribution in [0.1, 0.15) is 0 Å². The zero-order valence-corrected chi connectivity index (χ0v) is 19.7. The van der Waals surface area contributed by atoms with Crippen LogP contribution in [0.5, 0.6) is 11.6 Å². The first kappa shape index (κ1) is 26.0. The van der Waals surface area contributed by atoms with Crippen LogP contribution in [-0.2, 0) is 16.6 Å². The quantitative estimate of drug-likeness (QED) is 0.488. The Bertz CT molecular complexity index is 1240. The van der Waals surface area contributed by atoms with Crippen LogP contribution < -0.4 is 20.1 Å². The van der Waals surface area contributed by atoms with E-state index in [2.05, 4.69) is 20.5 Å². The van der Waals surface area contributed by atoms with Crippen molar-refractivity contribution in [3.8, 4) is 22.9 Å². The average molecular weight is 519 g/mol. The van der Waals surface area contributed by atoms with Gasteiger partial charge in [0.15, 0.2) is 5.75 Å². The van der Waals surface area contributed by atoms with Gasteiger partial charge in [-0.05, 0) is 23.8 Å². The lowest BCUT2D eigenvalue weighted by Gasteiger charge is -2.26. The second kappa shape index (κ2) is 11.3. The highest BCUT2D eigenvalue weighted by molar-refractivity contribution is 5.95. The Morgan fingerprint density at radius 1 is 1.05 bits per heavy atom. The molecule has 3 aromatic rings. The van der Waals surface area contributed by atoms with Gasteiger partial charge < -0.3 is 19.5 Å². The summed E-state index contributed by atoms with van der Waals surface area (Å²) in [5.41, 5.74) is 1.38. The first-order valence-corrected chi connectivity index (χ1v) is 11.2. The smallest absolute Gasteiger partial charge is 0.404 e. The van der Waals surface area contributed by atoms with E-state index in [0.717, 1.165) is 17.7 Å². The summed E-state index contributed by atoms with van der Waals surface area (Å²) in [5.74, 6) is -1.15. The number of aryl methyl sites for hydroxylation is 1. The van der Waals surface area contributed by atoms with E-state index >= 15 is 0 Å². The molecule has 2 N–H and O–H groups in total. The van der Waals surface area contributed by atoms with Gasteiger partial charge in [-0.25, -0.2) is 4.79 Å². The predicted octanol–water partition coefficient (Wildman–Crippen LogP) is 3.87. The minimum Gasteiger partial charge on any atom is -0.404 e. The summed E-state index contributed by atoms with van der Waals surface area (Å²) < 4.78 is 54.7. The number of carbonyl (C=O) groups excluding carboxylic acids is 2. The van der Waals surface area contributed by atoms with Crippen LogP contribution in [0, 0.1) is 0 Å². The lowest BCUT2D eigenvalue weighted by Crippen LogP contribution is -2.41. The fourth-order valence-electron chi connectivity index (χ4n) is 3.68. The molecule has 2 aromatic carbocycles. The van der Waals surface area contributed by atoms with E-state index < -0.39 is 24.1 Å². The second-order valence-corrected chi connectivity index (χ2v) is 8.07. The first-order chi connectivity index (χ1) is 17.7. The molecule has 0 unspecified atom stereocenters. The Balaban J connectivity index is 1.45. The molecule has 37 heavy (non-hydrogen) atoms. The molecule has 0 spiro atoms. The zero-order chi connectivity index (χ0) is 26.4. The summed E-state index contributed by atoms with van der Waals surface area (Å²) in [6, 6.07) is 14.2. The molecule has 1 aliphatic rings. The van der Waals surface area contributed by atoms with E-state index in [9.17, 15) is 22.8 Å². The fourth-order valence-corrected chi connectivity index (χ4v) is 3.68. The highest BCUT2D eigenvalue weighted by Crippen LogP contribution is 2.33. The van der Waals surface area contributed by atoms with Crippen LogP contribution in [0.15, 0.2) is 54.6 Å². The van der Waals surface area contributed by atoms with Crippen molar-refractivity contribution in [3.05, 3.63) is 54.6 Å². The third-order valence-corrected chi connectivity index (χ3v) is 5.32. The Morgan fingerprint density at radius 3 is 2.49 bits per heavy atom. The summed E-state index contributed by atoms with van der Waals surface area (Å²) in [5, 5.41) is 8.99. The van der Waals surface area contributed by atoms with Crippen LogP contribution in [0.4, 0.5) is 29.3 Å². The second-order valence-electron chi connectivity index (χ2n) is 8.07. The van der Waals surface area contributed by atoms with Crippen molar-refractivity contribution < 1.29 is 37.0 Å². The molecule has 4 rings (SSSR count). The van der Waals surface area contributed by atoms with E-state index in [0.29, 0.717) is 32.0 Å². The standard InChI is InChI=1S/C24H24F3N5O5/c1-31-19(16-5-3-2-4-6-16)14-22(30-31)36-23(34)28-17-7-8-20(37-24(25,26)27)18(13-17)29-21(33)15-32-9-11-35-12-10-32/h2-8,13-14H,9-12,15H2,1H3,(H,28,34)(H,29,33). The first-order valence-electron chi connectivity index (χ1n) is 11.2. The van der Waals surface area contributed by atoms with Crippen LogP contribution in [0.3, 0.4) is 0 Å². The molecular formula is C24H24F3N5O5. The van der Waals surface area contributed by atoms with Crippen molar-refractivity contribution in [3.63, 3.8) is 0 Å². The molecule has 2 heterocycles. The number of nitrogens with zero attached hydrogens (tertiary/aromatic N) is 3. The largest absolute Gasteiger partial charge is 0.573 e. The number of anilines is 2. The van der Waals surface area contributed by atoms with Crippen LogP contribution in [-0.4, -0.2) is 65.9 Å². The monoisotopic (exact) mass is 519 g/mol. The minimum atomic E-state index is -4.98. The maximum absolute atomic E-state index is 12.9. The minimum absolute atomic E-state index is 0.0231. The number of halogens is 3. The molecule has 0 saturated carbocycles. The SMILES string of the molecule is Cn1nc(OC(=O)Nc2ccc(OC(F)(F)F)c(NC(=O)CN3CCOCC3)c2)cc1-c1ccccc1. The number of aromatic nitrogens is 2. The number of hydrogen-bond donors (Lipinski definition) is 2. The molecule has 0 radical (unpaired) electrons. The van der Waals surface area contributed by atoms with Crippen molar-refractivity contribution in [1.29, 1.82) is 0 Å². The van der Waals surface area contributed by atoms with Gasteiger partial charge in [0, 0.05) is 31.9 Å². The number of hydrogen-bond acceptors (Lipinski definition) is 7. The highest BCUT2D eigenvalue weighted by atomic mass is 19.4. The summed E-state index contributed by atoms with van der Waals surface area (Å²) in [4.78, 5) is 26.7. The molecule has 10 nitrogen and oxygen atoms in total. The fraction of sp³-hybridized carbons (Fsp3) is 0.292. The lowest BCUT2D eigenvalue weighted by molar-refractivity contribution is -0.274. The number of nitrogens with one attached hydrogen (secondary N) is 2. The molecule has 0 aliphatic carbocycles. The maximum Gasteiger partial charge on any atom is 0.573 e. The molecule has 1 saturated heterocycles. The molecule has 1 aromatic heterocycles. The number of carbonyl (C=O) groups is 2. The lowest BCUT2D eigenvalue weighted by atomic mass is 10.1. The van der Waals surface area contributed by atoms with Gasteiger partial charge in [0.1, 0.15) is 0 Å². The van der Waals surface area contributed by atoms with E-state index in [-0.39, 0.29) is 23.8 Å². The van der Waals surface area contributed by atoms with Gasteiger partial charge in [0.05, 0.1) is 31.1 Å². The van der Waals surface area contributed by atoms with Crippen LogP contribution >= 0.6 is 0 Å². The molecule has 1 fully saturated rings. The number of amides is 2. The molecule has 1 aliphatic heterocycles. The predicted molar refractivity (Wildman–Crippen MR) is 127 cm³/mol. The Hall–Kier alpha value is -4.10. The van der Waals surface area contributed by atoms with E-state index in [1.54, 1.807) is 22.7 Å². The number of ether oxygens (including phenoxy) is 3. The number of alkyl halides is 3. The van der Waals surface area contributed by atoms with Gasteiger partial charge in [-0.15, -0.1) is 18.3 Å². The molecule has 2 amide bonds. The zero-order valence-electron chi connectivity index (χ0n) is 19.7. The van der Waals surface area contributed by atoms with Crippen molar-refractivity contribution in [2.75, 3.05) is 43.5 Å². The van der Waals surface area contributed by atoms with Crippen molar-refractivity contribution >= 4 is 23.4 Å². The van der Waals surface area contributed by atoms with Crippen LogP contribution in [0.25, 0.3) is 11.3 Å². The molecule has 13 heteroatoms. The highest BCUT2D eigenvalue weighted by Gasteiger charge is 2.32. The number of morpholine rings is 1. The van der Waals surface area contributed by atoms with Crippen molar-refractivity contribution in [2.45, 2.75) is 6.36 Å². The molecular weight excluding hydrogens is 495 g/mol. The van der Waals surface area contributed by atoms with Gasteiger partial charge >= 0.3 is 12.5 Å². The third kappa shape index (κ3) is 7.44. The number of benzene rings is 2. The Labute approximate surface area is 209 Å². The van der Waals surface area contributed by atoms with Gasteiger partial charge in [-0.1, -0.05) is 30.3 Å². The van der Waals surface area contributed by atoms with Crippen LogP contribution in [0.2, 0.25) is 0 Å². The average Bonchev–Trinajstić information content (AvgIpc) is 3.20. The summed E-state index contributed by atoms with van der Waals surface area (Å²) >= 11 is 0. The maximum atomic E-state index is 12.9. The van der Waals surface area contributed by atoms with E-state index in [1.165, 1.54) is 6.07 Å².